The molecule has 94 valence electrons. The Bertz CT molecular complexity index is 424. The van der Waals surface area contributed by atoms with E-state index in [4.69, 9.17) is 39.4 Å². The van der Waals surface area contributed by atoms with Gasteiger partial charge in [0.25, 0.3) is 0 Å². The lowest BCUT2D eigenvalue weighted by atomic mass is 10.0. The van der Waals surface area contributed by atoms with Crippen molar-refractivity contribution in [3.63, 3.8) is 0 Å². The fraction of sp³-hybridized carbons (Fsp3) is 0.364. The molecule has 0 fully saturated rings. The van der Waals surface area contributed by atoms with Crippen LogP contribution in [-0.2, 0) is 16.0 Å². The number of nitrogen functional groups attached to an aromatic ring is 1. The minimum absolute atomic E-state index is 0.198. The van der Waals surface area contributed by atoms with Gasteiger partial charge in [0.2, 0.25) is 0 Å². The predicted octanol–water partition coefficient (Wildman–Crippen LogP) is 2.01. The Morgan fingerprint density at radius 3 is 2.71 bits per heavy atom. The molecule has 4 nitrogen and oxygen atoms in total. The van der Waals surface area contributed by atoms with E-state index in [-0.39, 0.29) is 13.0 Å². The summed E-state index contributed by atoms with van der Waals surface area (Å²) in [6.45, 7) is 2.00. The second-order valence-electron chi connectivity index (χ2n) is 3.49. The van der Waals surface area contributed by atoms with E-state index < -0.39 is 12.0 Å². The Kier molecular flexibility index (Phi) is 5.05. The zero-order valence-corrected chi connectivity index (χ0v) is 10.9. The first-order chi connectivity index (χ1) is 7.97. The van der Waals surface area contributed by atoms with Crippen LogP contribution in [0, 0.1) is 0 Å². The second kappa shape index (κ2) is 6.10. The van der Waals surface area contributed by atoms with Crippen LogP contribution in [0.1, 0.15) is 12.5 Å². The summed E-state index contributed by atoms with van der Waals surface area (Å²) in [6.07, 6.45) is 0.198. The quantitative estimate of drug-likeness (QED) is 0.651. The smallest absolute Gasteiger partial charge is 0.323 e. The molecule has 17 heavy (non-hydrogen) atoms. The fourth-order valence-electron chi connectivity index (χ4n) is 1.37. The van der Waals surface area contributed by atoms with Crippen LogP contribution >= 0.6 is 23.2 Å². The molecular formula is C11H14Cl2N2O2. The van der Waals surface area contributed by atoms with Gasteiger partial charge < -0.3 is 16.2 Å². The van der Waals surface area contributed by atoms with Crippen molar-refractivity contribution in [2.45, 2.75) is 19.4 Å². The Hall–Kier alpha value is -0.970. The zero-order valence-electron chi connectivity index (χ0n) is 9.37. The number of halogens is 2. The van der Waals surface area contributed by atoms with Crippen molar-refractivity contribution >= 4 is 34.9 Å². The predicted molar refractivity (Wildman–Crippen MR) is 69.2 cm³/mol. The molecule has 1 aromatic carbocycles. The molecule has 1 aromatic rings. The lowest BCUT2D eigenvalue weighted by Crippen LogP contribution is -2.34. The summed E-state index contributed by atoms with van der Waals surface area (Å²) < 4.78 is 4.81. The Morgan fingerprint density at radius 2 is 2.12 bits per heavy atom. The largest absolute Gasteiger partial charge is 0.465 e. The highest BCUT2D eigenvalue weighted by molar-refractivity contribution is 6.42. The zero-order chi connectivity index (χ0) is 13.0. The Labute approximate surface area is 110 Å². The van der Waals surface area contributed by atoms with Crippen LogP contribution in [0.25, 0.3) is 0 Å². The monoisotopic (exact) mass is 276 g/mol. The topological polar surface area (TPSA) is 78.3 Å². The van der Waals surface area contributed by atoms with E-state index in [0.717, 1.165) is 0 Å². The fourth-order valence-corrected chi connectivity index (χ4v) is 1.79. The SMILES string of the molecule is CCOC(=O)C(N)Cc1c(N)ccc(Cl)c1Cl. The number of rotatable bonds is 4. The van der Waals surface area contributed by atoms with Gasteiger partial charge in [0.05, 0.1) is 16.7 Å². The lowest BCUT2D eigenvalue weighted by molar-refractivity contribution is -0.144. The maximum absolute atomic E-state index is 11.4. The minimum Gasteiger partial charge on any atom is -0.465 e. The van der Waals surface area contributed by atoms with Gasteiger partial charge in [0.15, 0.2) is 0 Å². The summed E-state index contributed by atoms with van der Waals surface area (Å²) in [7, 11) is 0. The molecule has 0 saturated carbocycles. The highest BCUT2D eigenvalue weighted by atomic mass is 35.5. The number of carbonyl (C=O) groups excluding carboxylic acids is 1. The summed E-state index contributed by atoms with van der Waals surface area (Å²) in [5, 5.41) is 0.707. The number of nitrogens with two attached hydrogens (primary N) is 2. The maximum atomic E-state index is 11.4. The summed E-state index contributed by atoms with van der Waals surface area (Å²) in [5.41, 5.74) is 12.5. The van der Waals surface area contributed by atoms with Gasteiger partial charge in [-0.25, -0.2) is 0 Å². The van der Waals surface area contributed by atoms with Gasteiger partial charge >= 0.3 is 5.97 Å². The number of benzene rings is 1. The van der Waals surface area contributed by atoms with Crippen LogP contribution in [0.2, 0.25) is 10.0 Å². The molecule has 0 aliphatic rings. The second-order valence-corrected chi connectivity index (χ2v) is 4.28. The first kappa shape index (κ1) is 14.1. The van der Waals surface area contributed by atoms with Crippen LogP contribution in [0.3, 0.4) is 0 Å². The molecule has 0 bridgehead atoms. The number of ether oxygens (including phenoxy) is 1. The third-order valence-electron chi connectivity index (χ3n) is 2.25. The van der Waals surface area contributed by atoms with E-state index in [1.807, 2.05) is 0 Å². The molecule has 0 aliphatic heterocycles. The van der Waals surface area contributed by atoms with Gasteiger partial charge in [0.1, 0.15) is 6.04 Å². The molecule has 0 saturated heterocycles. The van der Waals surface area contributed by atoms with E-state index in [1.54, 1.807) is 19.1 Å². The van der Waals surface area contributed by atoms with Gasteiger partial charge in [-0.05, 0) is 24.6 Å². The van der Waals surface area contributed by atoms with Crippen LogP contribution < -0.4 is 11.5 Å². The molecule has 0 amide bonds. The van der Waals surface area contributed by atoms with Crippen molar-refractivity contribution in [3.8, 4) is 0 Å². The van der Waals surface area contributed by atoms with Gasteiger partial charge in [-0.1, -0.05) is 23.2 Å². The van der Waals surface area contributed by atoms with E-state index in [0.29, 0.717) is 21.3 Å². The van der Waals surface area contributed by atoms with E-state index >= 15 is 0 Å². The van der Waals surface area contributed by atoms with E-state index in [9.17, 15) is 4.79 Å². The van der Waals surface area contributed by atoms with Crippen LogP contribution in [0.5, 0.6) is 0 Å². The molecule has 0 aromatic heterocycles. The first-order valence-electron chi connectivity index (χ1n) is 5.12. The van der Waals surface area contributed by atoms with Gasteiger partial charge in [-0.2, -0.15) is 0 Å². The molecule has 1 rings (SSSR count). The molecule has 6 heteroatoms. The van der Waals surface area contributed by atoms with Crippen molar-refractivity contribution < 1.29 is 9.53 Å². The summed E-state index contributed by atoms with van der Waals surface area (Å²) in [5.74, 6) is -0.483. The Balaban J connectivity index is 2.88. The number of hydrogen-bond acceptors (Lipinski definition) is 4. The molecule has 0 radical (unpaired) electrons. The molecule has 1 unspecified atom stereocenters. The van der Waals surface area contributed by atoms with E-state index in [2.05, 4.69) is 0 Å². The van der Waals surface area contributed by atoms with Gasteiger partial charge in [-0.3, -0.25) is 4.79 Å². The molecule has 4 N–H and O–H groups in total. The molecule has 0 heterocycles. The third-order valence-corrected chi connectivity index (χ3v) is 3.09. The first-order valence-corrected chi connectivity index (χ1v) is 5.87. The highest BCUT2D eigenvalue weighted by Gasteiger charge is 2.19. The average Bonchev–Trinajstić information content (AvgIpc) is 2.29. The maximum Gasteiger partial charge on any atom is 0.323 e. The van der Waals surface area contributed by atoms with Gasteiger partial charge in [-0.15, -0.1) is 0 Å². The van der Waals surface area contributed by atoms with Crippen LogP contribution in [-0.4, -0.2) is 18.6 Å². The molecule has 1 atom stereocenters. The van der Waals surface area contributed by atoms with Crippen molar-refractivity contribution in [3.05, 3.63) is 27.7 Å². The minimum atomic E-state index is -0.798. The summed E-state index contributed by atoms with van der Waals surface area (Å²) >= 11 is 11.9. The van der Waals surface area contributed by atoms with Crippen LogP contribution in [0.4, 0.5) is 5.69 Å². The van der Waals surface area contributed by atoms with Crippen LogP contribution in [0.15, 0.2) is 12.1 Å². The van der Waals surface area contributed by atoms with Gasteiger partial charge in [0, 0.05) is 12.1 Å². The summed E-state index contributed by atoms with van der Waals surface area (Å²) in [6, 6.07) is 2.42. The molecular weight excluding hydrogens is 263 g/mol. The number of esters is 1. The summed E-state index contributed by atoms with van der Waals surface area (Å²) in [4.78, 5) is 11.4. The van der Waals surface area contributed by atoms with E-state index in [1.165, 1.54) is 0 Å². The normalized spacial score (nSPS) is 12.2. The van der Waals surface area contributed by atoms with Crippen molar-refractivity contribution in [1.29, 1.82) is 0 Å². The third kappa shape index (κ3) is 3.49. The molecule has 0 aliphatic carbocycles. The Morgan fingerprint density at radius 1 is 1.47 bits per heavy atom. The molecule has 0 spiro atoms. The lowest BCUT2D eigenvalue weighted by Gasteiger charge is -2.14. The van der Waals surface area contributed by atoms with Crippen molar-refractivity contribution in [1.82, 2.24) is 0 Å². The number of carbonyl (C=O) groups is 1. The van der Waals surface area contributed by atoms with Crippen molar-refractivity contribution in [2.24, 2.45) is 5.73 Å². The highest BCUT2D eigenvalue weighted by Crippen LogP contribution is 2.30. The standard InChI is InChI=1S/C11H14Cl2N2O2/c1-2-17-11(16)9(15)5-6-8(14)4-3-7(12)10(6)13/h3-4,9H,2,5,14-15H2,1H3. The average molecular weight is 277 g/mol. The van der Waals surface area contributed by atoms with Crippen molar-refractivity contribution in [2.75, 3.05) is 12.3 Å². The number of hydrogen-bond donors (Lipinski definition) is 2. The number of anilines is 1.